The van der Waals surface area contributed by atoms with E-state index in [1.807, 2.05) is 0 Å². The van der Waals surface area contributed by atoms with Gasteiger partial charge in [0.25, 0.3) is 0 Å². The lowest BCUT2D eigenvalue weighted by molar-refractivity contribution is 0.0365. The molecule has 13 heavy (non-hydrogen) atoms. The SMILES string of the molecule is COCC(CNc1ncns1)OC. The highest BCUT2D eigenvalue weighted by atomic mass is 32.1. The molecule has 0 radical (unpaired) electrons. The quantitative estimate of drug-likeness (QED) is 0.734. The van der Waals surface area contributed by atoms with Crippen molar-refractivity contribution in [2.45, 2.75) is 6.10 Å². The summed E-state index contributed by atoms with van der Waals surface area (Å²) in [5, 5.41) is 3.90. The van der Waals surface area contributed by atoms with Gasteiger partial charge in [-0.1, -0.05) is 0 Å². The maximum Gasteiger partial charge on any atom is 0.202 e. The van der Waals surface area contributed by atoms with Crippen molar-refractivity contribution in [2.75, 3.05) is 32.7 Å². The third kappa shape index (κ3) is 3.67. The lowest BCUT2D eigenvalue weighted by atomic mass is 10.4. The molecule has 0 fully saturated rings. The first-order valence-electron chi connectivity index (χ1n) is 3.89. The van der Waals surface area contributed by atoms with Gasteiger partial charge in [0.2, 0.25) is 5.13 Å². The molecule has 0 bridgehead atoms. The smallest absolute Gasteiger partial charge is 0.202 e. The zero-order valence-corrected chi connectivity index (χ0v) is 8.50. The summed E-state index contributed by atoms with van der Waals surface area (Å²) >= 11 is 1.32. The maximum absolute atomic E-state index is 5.16. The Kier molecular flexibility index (Phi) is 4.66. The summed E-state index contributed by atoms with van der Waals surface area (Å²) in [6.45, 7) is 1.25. The first kappa shape index (κ1) is 10.4. The van der Waals surface area contributed by atoms with E-state index in [0.29, 0.717) is 13.2 Å². The number of rotatable bonds is 6. The molecule has 74 valence electrons. The minimum Gasteiger partial charge on any atom is -0.382 e. The fourth-order valence-corrected chi connectivity index (χ4v) is 1.28. The third-order valence-corrected chi connectivity index (χ3v) is 2.15. The number of nitrogens with one attached hydrogen (secondary N) is 1. The lowest BCUT2D eigenvalue weighted by Crippen LogP contribution is -2.26. The number of aromatic nitrogens is 2. The van der Waals surface area contributed by atoms with Crippen LogP contribution in [0, 0.1) is 0 Å². The molecule has 6 heteroatoms. The molecule has 1 atom stereocenters. The molecule has 0 amide bonds. The fourth-order valence-electron chi connectivity index (χ4n) is 0.848. The molecule has 0 aliphatic rings. The number of hydrogen-bond donors (Lipinski definition) is 1. The average Bonchev–Trinajstić information content (AvgIpc) is 2.64. The van der Waals surface area contributed by atoms with E-state index in [1.54, 1.807) is 14.2 Å². The van der Waals surface area contributed by atoms with Crippen molar-refractivity contribution < 1.29 is 9.47 Å². The van der Waals surface area contributed by atoms with E-state index in [-0.39, 0.29) is 6.10 Å². The highest BCUT2D eigenvalue weighted by Crippen LogP contribution is 2.06. The minimum atomic E-state index is 0.0499. The summed E-state index contributed by atoms with van der Waals surface area (Å²) < 4.78 is 14.0. The second-order valence-electron chi connectivity index (χ2n) is 2.44. The largest absolute Gasteiger partial charge is 0.382 e. The van der Waals surface area contributed by atoms with Crippen molar-refractivity contribution in [1.82, 2.24) is 9.36 Å². The van der Waals surface area contributed by atoms with E-state index >= 15 is 0 Å². The van der Waals surface area contributed by atoms with Gasteiger partial charge >= 0.3 is 0 Å². The van der Waals surface area contributed by atoms with Crippen molar-refractivity contribution in [3.8, 4) is 0 Å². The number of nitrogens with zero attached hydrogens (tertiary/aromatic N) is 2. The van der Waals surface area contributed by atoms with Crippen LogP contribution in [0.2, 0.25) is 0 Å². The second-order valence-corrected chi connectivity index (χ2v) is 3.22. The molecule has 1 heterocycles. The molecule has 0 saturated heterocycles. The Bertz CT molecular complexity index is 218. The predicted octanol–water partition coefficient (Wildman–Crippen LogP) is 0.611. The van der Waals surface area contributed by atoms with Crippen LogP contribution in [-0.2, 0) is 9.47 Å². The first-order valence-corrected chi connectivity index (χ1v) is 4.66. The summed E-state index contributed by atoms with van der Waals surface area (Å²) in [7, 11) is 3.31. The van der Waals surface area contributed by atoms with Crippen molar-refractivity contribution in [3.63, 3.8) is 0 Å². The Hall–Kier alpha value is -0.720. The first-order chi connectivity index (χ1) is 6.36. The van der Waals surface area contributed by atoms with Gasteiger partial charge in [0.15, 0.2) is 0 Å². The molecule has 1 aromatic rings. The molecule has 0 aromatic carbocycles. The number of anilines is 1. The molecule has 1 rings (SSSR count). The molecule has 0 aliphatic heterocycles. The van der Waals surface area contributed by atoms with Crippen LogP contribution in [0.4, 0.5) is 5.13 Å². The standard InChI is InChI=1S/C7H13N3O2S/c1-11-4-6(12-2)3-8-7-9-5-10-13-7/h5-6H,3-4H2,1-2H3,(H,8,9,10). The summed E-state index contributed by atoms with van der Waals surface area (Å²) in [6, 6.07) is 0. The van der Waals surface area contributed by atoms with Gasteiger partial charge in [0.1, 0.15) is 6.33 Å². The van der Waals surface area contributed by atoms with Crippen LogP contribution in [0.3, 0.4) is 0 Å². The van der Waals surface area contributed by atoms with Crippen LogP contribution in [0.5, 0.6) is 0 Å². The van der Waals surface area contributed by atoms with E-state index in [1.165, 1.54) is 17.9 Å². The number of ether oxygens (including phenoxy) is 2. The molecular weight excluding hydrogens is 190 g/mol. The Morgan fingerprint density at radius 1 is 1.62 bits per heavy atom. The van der Waals surface area contributed by atoms with E-state index in [0.717, 1.165) is 5.13 Å². The van der Waals surface area contributed by atoms with Crippen molar-refractivity contribution >= 4 is 16.7 Å². The van der Waals surface area contributed by atoms with Crippen molar-refractivity contribution in [3.05, 3.63) is 6.33 Å². The van der Waals surface area contributed by atoms with E-state index in [9.17, 15) is 0 Å². The van der Waals surface area contributed by atoms with Gasteiger partial charge in [-0.15, -0.1) is 0 Å². The van der Waals surface area contributed by atoms with Crippen LogP contribution < -0.4 is 5.32 Å². The monoisotopic (exact) mass is 203 g/mol. The van der Waals surface area contributed by atoms with E-state index in [4.69, 9.17) is 9.47 Å². The molecule has 5 nitrogen and oxygen atoms in total. The summed E-state index contributed by atoms with van der Waals surface area (Å²) in [4.78, 5) is 3.98. The van der Waals surface area contributed by atoms with Gasteiger partial charge in [-0.25, -0.2) is 4.98 Å². The minimum absolute atomic E-state index is 0.0499. The number of hydrogen-bond acceptors (Lipinski definition) is 6. The lowest BCUT2D eigenvalue weighted by Gasteiger charge is -2.13. The van der Waals surface area contributed by atoms with Gasteiger partial charge in [0.05, 0.1) is 12.7 Å². The van der Waals surface area contributed by atoms with Crippen molar-refractivity contribution in [2.24, 2.45) is 0 Å². The third-order valence-electron chi connectivity index (χ3n) is 1.53. The van der Waals surface area contributed by atoms with Gasteiger partial charge < -0.3 is 14.8 Å². The maximum atomic E-state index is 5.16. The molecule has 1 N–H and O–H groups in total. The van der Waals surface area contributed by atoms with Gasteiger partial charge in [-0.2, -0.15) is 4.37 Å². The summed E-state index contributed by atoms with van der Waals surface area (Å²) in [5.74, 6) is 0. The highest BCUT2D eigenvalue weighted by Gasteiger charge is 2.06. The Labute approximate surface area is 81.3 Å². The van der Waals surface area contributed by atoms with Crippen molar-refractivity contribution in [1.29, 1.82) is 0 Å². The molecule has 0 aliphatic carbocycles. The Balaban J connectivity index is 2.23. The van der Waals surface area contributed by atoms with Gasteiger partial charge in [-0.3, -0.25) is 0 Å². The van der Waals surface area contributed by atoms with Gasteiger partial charge in [0, 0.05) is 32.3 Å². The van der Waals surface area contributed by atoms with E-state index < -0.39 is 0 Å². The summed E-state index contributed by atoms with van der Waals surface area (Å²) in [5.41, 5.74) is 0. The Morgan fingerprint density at radius 2 is 2.46 bits per heavy atom. The molecule has 0 spiro atoms. The zero-order valence-electron chi connectivity index (χ0n) is 7.69. The van der Waals surface area contributed by atoms with Crippen LogP contribution in [0.25, 0.3) is 0 Å². The zero-order chi connectivity index (χ0) is 9.52. The molecule has 0 saturated carbocycles. The van der Waals surface area contributed by atoms with Gasteiger partial charge in [-0.05, 0) is 0 Å². The molecule has 1 aromatic heterocycles. The average molecular weight is 203 g/mol. The molecule has 1 unspecified atom stereocenters. The second kappa shape index (κ2) is 5.85. The predicted molar refractivity (Wildman–Crippen MR) is 51.1 cm³/mol. The topological polar surface area (TPSA) is 56.3 Å². The normalized spacial score (nSPS) is 12.8. The highest BCUT2D eigenvalue weighted by molar-refractivity contribution is 7.09. The summed E-state index contributed by atoms with van der Waals surface area (Å²) in [6.07, 6.45) is 1.57. The fraction of sp³-hybridized carbons (Fsp3) is 0.714. The van der Waals surface area contributed by atoms with Crippen LogP contribution in [-0.4, -0.2) is 42.8 Å². The van der Waals surface area contributed by atoms with Crippen LogP contribution in [0.15, 0.2) is 6.33 Å². The number of methoxy groups -OCH3 is 2. The van der Waals surface area contributed by atoms with Crippen LogP contribution in [0.1, 0.15) is 0 Å². The Morgan fingerprint density at radius 3 is 3.00 bits per heavy atom. The molecular formula is C7H13N3O2S. The van der Waals surface area contributed by atoms with E-state index in [2.05, 4.69) is 14.7 Å². The van der Waals surface area contributed by atoms with Crippen LogP contribution >= 0.6 is 11.5 Å².